The molecule has 0 aromatic heterocycles. The Kier molecular flexibility index (Phi) is 9.21. The number of hydrogen-bond donors (Lipinski definition) is 2. The summed E-state index contributed by atoms with van der Waals surface area (Å²) in [4.78, 5) is 47.0. The molecule has 0 saturated carbocycles. The molecule has 2 aromatic rings. The molecule has 2 N–H and O–H groups in total. The van der Waals surface area contributed by atoms with Gasteiger partial charge in [-0.05, 0) is 78.2 Å². The van der Waals surface area contributed by atoms with Crippen LogP contribution in [0.1, 0.15) is 42.1 Å². The first kappa shape index (κ1) is 24.6. The minimum atomic E-state index is -0.570. The number of hydrogen-bond acceptors (Lipinski definition) is 5. The number of carbonyl (C=O) groups is 4. The summed E-state index contributed by atoms with van der Waals surface area (Å²) in [5, 5.41) is 5.78. The molecule has 2 rings (SSSR count). The van der Waals surface area contributed by atoms with Crippen LogP contribution in [0, 0.1) is 6.92 Å². The number of amides is 2. The predicted molar refractivity (Wildman–Crippen MR) is 122 cm³/mol. The molecule has 7 nitrogen and oxygen atoms in total. The van der Waals surface area contributed by atoms with E-state index in [1.54, 1.807) is 36.4 Å². The average molecular weight is 510 g/mol. The molecule has 0 radical (unpaired) electrons. The van der Waals surface area contributed by atoms with Gasteiger partial charge >= 0.3 is 5.97 Å². The van der Waals surface area contributed by atoms with Gasteiger partial charge in [-0.2, -0.15) is 0 Å². The Balaban J connectivity index is 1.68. The van der Waals surface area contributed by atoms with Crippen LogP contribution in [-0.2, 0) is 19.1 Å². The van der Waals surface area contributed by atoms with Crippen molar-refractivity contribution in [3.05, 3.63) is 57.0 Å². The van der Waals surface area contributed by atoms with E-state index in [1.807, 2.05) is 6.92 Å². The van der Waals surface area contributed by atoms with Crippen molar-refractivity contribution < 1.29 is 23.9 Å². The second-order valence-electron chi connectivity index (χ2n) is 6.83. The fourth-order valence-electron chi connectivity index (χ4n) is 2.59. The Labute approximate surface area is 193 Å². The quantitative estimate of drug-likeness (QED) is 0.370. The van der Waals surface area contributed by atoms with E-state index in [0.29, 0.717) is 26.4 Å². The minimum absolute atomic E-state index is 0.00706. The Morgan fingerprint density at radius 2 is 1.68 bits per heavy atom. The van der Waals surface area contributed by atoms with Crippen LogP contribution in [0.3, 0.4) is 0 Å². The number of nitrogens with one attached hydrogen (secondary N) is 2. The van der Waals surface area contributed by atoms with Crippen LogP contribution in [-0.4, -0.2) is 30.2 Å². The van der Waals surface area contributed by atoms with Crippen LogP contribution in [0.4, 0.5) is 11.4 Å². The third kappa shape index (κ3) is 8.15. The Bertz CT molecular complexity index is 992. The van der Waals surface area contributed by atoms with Crippen LogP contribution >= 0.6 is 27.5 Å². The molecule has 0 bridgehead atoms. The molecule has 0 aliphatic rings. The largest absolute Gasteiger partial charge is 0.456 e. The van der Waals surface area contributed by atoms with Crippen LogP contribution < -0.4 is 10.6 Å². The van der Waals surface area contributed by atoms with Crippen molar-refractivity contribution in [1.29, 1.82) is 0 Å². The second-order valence-corrected chi connectivity index (χ2v) is 8.09. The molecule has 0 spiro atoms. The molecule has 9 heteroatoms. The normalized spacial score (nSPS) is 10.3. The summed E-state index contributed by atoms with van der Waals surface area (Å²) in [7, 11) is 0. The lowest BCUT2D eigenvalue weighted by Crippen LogP contribution is -2.21. The van der Waals surface area contributed by atoms with E-state index in [0.717, 1.165) is 5.56 Å². The van der Waals surface area contributed by atoms with Gasteiger partial charge in [-0.25, -0.2) is 0 Å². The fourth-order valence-corrected chi connectivity index (χ4v) is 3.21. The van der Waals surface area contributed by atoms with Gasteiger partial charge in [-0.1, -0.05) is 11.6 Å². The van der Waals surface area contributed by atoms with E-state index in [2.05, 4.69) is 26.6 Å². The first-order valence-electron chi connectivity index (χ1n) is 9.47. The summed E-state index contributed by atoms with van der Waals surface area (Å²) < 4.78 is 5.66. The van der Waals surface area contributed by atoms with Gasteiger partial charge in [-0.3, -0.25) is 19.2 Å². The predicted octanol–water partition coefficient (Wildman–Crippen LogP) is 4.90. The van der Waals surface area contributed by atoms with E-state index in [9.17, 15) is 19.2 Å². The molecule has 2 aromatic carbocycles. The summed E-state index contributed by atoms with van der Waals surface area (Å²) in [6.07, 6.45) is 0.401. The van der Waals surface area contributed by atoms with Crippen molar-refractivity contribution in [3.8, 4) is 0 Å². The molecular weight excluding hydrogens is 488 g/mol. The lowest BCUT2D eigenvalue weighted by atomic mass is 10.1. The van der Waals surface area contributed by atoms with Crippen LogP contribution in [0.25, 0.3) is 0 Å². The summed E-state index contributed by atoms with van der Waals surface area (Å²) in [5.74, 6) is -1.37. The highest BCUT2D eigenvalue weighted by Crippen LogP contribution is 2.28. The lowest BCUT2D eigenvalue weighted by Gasteiger charge is -2.10. The highest BCUT2D eigenvalue weighted by Gasteiger charge is 2.12. The summed E-state index contributed by atoms with van der Waals surface area (Å²) in [6, 6.07) is 9.91. The zero-order valence-corrected chi connectivity index (χ0v) is 19.4. The Morgan fingerprint density at radius 3 is 2.32 bits per heavy atom. The highest BCUT2D eigenvalue weighted by molar-refractivity contribution is 9.10. The molecule has 0 atom stereocenters. The minimum Gasteiger partial charge on any atom is -0.456 e. The maximum atomic E-state index is 12.0. The molecule has 0 fully saturated rings. The van der Waals surface area contributed by atoms with E-state index in [1.165, 1.54) is 6.92 Å². The summed E-state index contributed by atoms with van der Waals surface area (Å²) in [6.45, 7) is 2.85. The van der Waals surface area contributed by atoms with Gasteiger partial charge in [0.05, 0.1) is 5.02 Å². The molecule has 0 aliphatic heterocycles. The number of ether oxygens (including phenoxy) is 1. The van der Waals surface area contributed by atoms with Crippen molar-refractivity contribution in [2.45, 2.75) is 33.1 Å². The second kappa shape index (κ2) is 11.6. The van der Waals surface area contributed by atoms with Crippen molar-refractivity contribution in [1.82, 2.24) is 0 Å². The smallest absolute Gasteiger partial charge is 0.306 e. The molecule has 0 heterocycles. The SMILES string of the molecule is CC(=O)c1ccc(NC(=O)CCCC(=O)OCC(=O)Nc2cc(Cl)c(Br)cc2C)cc1. The Hall–Kier alpha value is -2.71. The van der Waals surface area contributed by atoms with Crippen molar-refractivity contribution in [3.63, 3.8) is 0 Å². The fraction of sp³-hybridized carbons (Fsp3) is 0.273. The van der Waals surface area contributed by atoms with Gasteiger partial charge in [0.25, 0.3) is 5.91 Å². The standard InChI is InChI=1S/C22H22BrClN2O5/c1-13-10-17(23)18(24)11-19(13)26-21(29)12-31-22(30)5-3-4-20(28)25-16-8-6-15(7-9-16)14(2)27/h6-11H,3-5,12H2,1-2H3,(H,25,28)(H,26,29). The van der Waals surface area contributed by atoms with E-state index < -0.39 is 18.5 Å². The first-order valence-corrected chi connectivity index (χ1v) is 10.6. The molecule has 31 heavy (non-hydrogen) atoms. The third-order valence-electron chi connectivity index (χ3n) is 4.27. The number of aryl methyl sites for hydroxylation is 1. The molecule has 0 unspecified atom stereocenters. The summed E-state index contributed by atoms with van der Waals surface area (Å²) >= 11 is 9.32. The van der Waals surface area contributed by atoms with Gasteiger partial charge in [0.15, 0.2) is 12.4 Å². The number of ketones is 1. The van der Waals surface area contributed by atoms with Crippen molar-refractivity contribution >= 4 is 62.5 Å². The molecule has 2 amide bonds. The Morgan fingerprint density at radius 1 is 1.00 bits per heavy atom. The van der Waals surface area contributed by atoms with Gasteiger partial charge in [0.2, 0.25) is 5.91 Å². The van der Waals surface area contributed by atoms with Crippen molar-refractivity contribution in [2.75, 3.05) is 17.2 Å². The maximum Gasteiger partial charge on any atom is 0.306 e. The number of Topliss-reactive ketones (excluding diaryl/α,β-unsaturated/α-hetero) is 1. The van der Waals surface area contributed by atoms with E-state index >= 15 is 0 Å². The van der Waals surface area contributed by atoms with Gasteiger partial charge in [0, 0.05) is 34.3 Å². The van der Waals surface area contributed by atoms with Gasteiger partial charge in [-0.15, -0.1) is 0 Å². The van der Waals surface area contributed by atoms with Crippen LogP contribution in [0.2, 0.25) is 5.02 Å². The van der Waals surface area contributed by atoms with E-state index in [4.69, 9.17) is 16.3 Å². The molecule has 164 valence electrons. The zero-order chi connectivity index (χ0) is 23.0. The van der Waals surface area contributed by atoms with Crippen molar-refractivity contribution in [2.24, 2.45) is 0 Å². The van der Waals surface area contributed by atoms with E-state index in [-0.39, 0.29) is 31.0 Å². The monoisotopic (exact) mass is 508 g/mol. The molecular formula is C22H22BrClN2O5. The number of benzene rings is 2. The van der Waals surface area contributed by atoms with Gasteiger partial charge in [0.1, 0.15) is 0 Å². The number of halogens is 2. The molecule has 0 aliphatic carbocycles. The summed E-state index contributed by atoms with van der Waals surface area (Å²) in [5.41, 5.74) is 2.46. The first-order chi connectivity index (χ1) is 14.7. The van der Waals surface area contributed by atoms with Crippen LogP contribution in [0.5, 0.6) is 0 Å². The number of esters is 1. The highest BCUT2D eigenvalue weighted by atomic mass is 79.9. The maximum absolute atomic E-state index is 12.0. The third-order valence-corrected chi connectivity index (χ3v) is 5.46. The topological polar surface area (TPSA) is 102 Å². The lowest BCUT2D eigenvalue weighted by molar-refractivity contribution is -0.147. The molecule has 0 saturated heterocycles. The van der Waals surface area contributed by atoms with Crippen LogP contribution in [0.15, 0.2) is 40.9 Å². The average Bonchev–Trinajstić information content (AvgIpc) is 2.71. The number of rotatable bonds is 9. The zero-order valence-electron chi connectivity index (χ0n) is 17.1. The van der Waals surface area contributed by atoms with Gasteiger partial charge < -0.3 is 15.4 Å². The number of anilines is 2. The number of carbonyl (C=O) groups excluding carboxylic acids is 4.